The van der Waals surface area contributed by atoms with E-state index in [1.807, 2.05) is 60.7 Å². The number of hydrogen-bond acceptors (Lipinski definition) is 5. The first kappa shape index (κ1) is 20.7. The van der Waals surface area contributed by atoms with Crippen LogP contribution in [0.3, 0.4) is 0 Å². The summed E-state index contributed by atoms with van der Waals surface area (Å²) in [6.07, 6.45) is 2.16. The van der Waals surface area contributed by atoms with Crippen LogP contribution in [-0.4, -0.2) is 27.5 Å². The highest BCUT2D eigenvalue weighted by Gasteiger charge is 2.37. The highest BCUT2D eigenvalue weighted by atomic mass is 32.2. The lowest BCUT2D eigenvalue weighted by Crippen LogP contribution is -2.30. The molecule has 3 aromatic rings. The molecule has 1 saturated heterocycles. The van der Waals surface area contributed by atoms with Crippen molar-refractivity contribution in [3.05, 3.63) is 105 Å². The van der Waals surface area contributed by atoms with Crippen molar-refractivity contribution in [2.45, 2.75) is 36.4 Å². The molecule has 2 heterocycles. The molecular formula is C23H24N2O4S. The van der Waals surface area contributed by atoms with Crippen LogP contribution in [0, 0.1) is 0 Å². The number of aromatic amines is 1. The van der Waals surface area contributed by atoms with Crippen LogP contribution in [0.25, 0.3) is 0 Å². The third kappa shape index (κ3) is 5.30. The molecule has 0 spiro atoms. The van der Waals surface area contributed by atoms with Crippen LogP contribution in [-0.2, 0) is 22.7 Å². The monoisotopic (exact) mass is 424 g/mol. The minimum atomic E-state index is -0.396. The van der Waals surface area contributed by atoms with Gasteiger partial charge in [0.2, 0.25) is 0 Å². The lowest BCUT2D eigenvalue weighted by Gasteiger charge is -2.19. The summed E-state index contributed by atoms with van der Waals surface area (Å²) in [6, 6.07) is 21.4. The molecule has 0 amide bonds. The van der Waals surface area contributed by atoms with Gasteiger partial charge in [0, 0.05) is 18.7 Å². The topological polar surface area (TPSA) is 73.3 Å². The van der Waals surface area contributed by atoms with E-state index < -0.39 is 5.69 Å². The van der Waals surface area contributed by atoms with E-state index in [1.54, 1.807) is 22.5 Å². The summed E-state index contributed by atoms with van der Waals surface area (Å²) >= 11 is 1.65. The molecule has 30 heavy (non-hydrogen) atoms. The van der Waals surface area contributed by atoms with Crippen molar-refractivity contribution < 1.29 is 9.47 Å². The number of benzene rings is 2. The van der Waals surface area contributed by atoms with Gasteiger partial charge in [-0.2, -0.15) is 0 Å². The predicted octanol–water partition coefficient (Wildman–Crippen LogP) is 3.34. The number of thioether (sulfide) groups is 1. The Bertz CT molecular complexity index is 1050. The van der Waals surface area contributed by atoms with Crippen molar-refractivity contribution >= 4 is 11.8 Å². The van der Waals surface area contributed by atoms with E-state index in [-0.39, 0.29) is 22.3 Å². The number of nitrogens with zero attached hydrogens (tertiary/aromatic N) is 1. The zero-order valence-corrected chi connectivity index (χ0v) is 17.3. The first-order chi connectivity index (χ1) is 14.7. The van der Waals surface area contributed by atoms with Gasteiger partial charge in [0.15, 0.2) is 0 Å². The first-order valence-corrected chi connectivity index (χ1v) is 10.9. The third-order valence-corrected chi connectivity index (χ3v) is 6.57. The van der Waals surface area contributed by atoms with Crippen molar-refractivity contribution in [2.75, 3.05) is 6.61 Å². The average Bonchev–Trinajstić information content (AvgIpc) is 3.16. The zero-order valence-electron chi connectivity index (χ0n) is 16.5. The summed E-state index contributed by atoms with van der Waals surface area (Å²) in [7, 11) is 0. The van der Waals surface area contributed by atoms with E-state index in [9.17, 15) is 9.59 Å². The molecule has 1 aliphatic rings. The number of H-pyrrole nitrogens is 1. The molecule has 1 aromatic heterocycles. The lowest BCUT2D eigenvalue weighted by atomic mass is 10.1. The molecule has 1 N–H and O–H groups in total. The summed E-state index contributed by atoms with van der Waals surface area (Å²) in [5, 5.41) is -0.0262. The van der Waals surface area contributed by atoms with Gasteiger partial charge in [-0.15, -0.1) is 11.8 Å². The second kappa shape index (κ2) is 9.93. The maximum atomic E-state index is 12.2. The molecule has 2 aromatic carbocycles. The first-order valence-electron chi connectivity index (χ1n) is 9.93. The number of rotatable bonds is 8. The van der Waals surface area contributed by atoms with Crippen molar-refractivity contribution in [3.63, 3.8) is 0 Å². The van der Waals surface area contributed by atoms with Gasteiger partial charge < -0.3 is 9.47 Å². The number of nitrogens with one attached hydrogen (secondary N) is 1. The Hall–Kier alpha value is -2.61. The van der Waals surface area contributed by atoms with Gasteiger partial charge in [0.1, 0.15) is 0 Å². The SMILES string of the molecule is O=c1ccn(C2C[C@H](OCc3ccccc3)[C@H](COCc3ccccc3)S2)c(=O)[nH]1. The molecule has 7 heteroatoms. The minimum Gasteiger partial charge on any atom is -0.376 e. The Morgan fingerprint density at radius 1 is 0.933 bits per heavy atom. The second-order valence-corrected chi connectivity index (χ2v) is 8.64. The fraction of sp³-hybridized carbons (Fsp3) is 0.304. The highest BCUT2D eigenvalue weighted by Crippen LogP contribution is 2.42. The molecular weight excluding hydrogens is 400 g/mol. The fourth-order valence-corrected chi connectivity index (χ4v) is 5.04. The highest BCUT2D eigenvalue weighted by molar-refractivity contribution is 8.00. The van der Waals surface area contributed by atoms with Crippen LogP contribution in [0.5, 0.6) is 0 Å². The maximum absolute atomic E-state index is 12.2. The minimum absolute atomic E-state index is 0.0604. The zero-order chi connectivity index (χ0) is 20.8. The van der Waals surface area contributed by atoms with Crippen LogP contribution in [0.15, 0.2) is 82.5 Å². The third-order valence-electron chi connectivity index (χ3n) is 5.04. The van der Waals surface area contributed by atoms with Gasteiger partial charge in [0.25, 0.3) is 5.56 Å². The van der Waals surface area contributed by atoms with E-state index in [1.165, 1.54) is 6.07 Å². The molecule has 4 rings (SSSR count). The standard InChI is InChI=1S/C23H24N2O4S/c26-21-11-12-25(23(27)24-21)22-13-19(29-15-18-9-5-2-6-10-18)20(30-22)16-28-14-17-7-3-1-4-8-17/h1-12,19-20,22H,13-16H2,(H,24,26,27)/t19-,20-,22?/m0/s1. The quantitative estimate of drug-likeness (QED) is 0.600. The van der Waals surface area contributed by atoms with E-state index >= 15 is 0 Å². The normalized spacial score (nSPS) is 21.0. The number of hydrogen-bond donors (Lipinski definition) is 1. The predicted molar refractivity (Wildman–Crippen MR) is 117 cm³/mol. The Labute approximate surface area is 178 Å². The van der Waals surface area contributed by atoms with Gasteiger partial charge in [-0.3, -0.25) is 14.3 Å². The van der Waals surface area contributed by atoms with Crippen molar-refractivity contribution in [1.82, 2.24) is 9.55 Å². The molecule has 6 nitrogen and oxygen atoms in total. The largest absolute Gasteiger partial charge is 0.376 e. The summed E-state index contributed by atoms with van der Waals surface area (Å²) in [5.41, 5.74) is 1.44. The number of aromatic nitrogens is 2. The molecule has 1 fully saturated rings. The summed E-state index contributed by atoms with van der Waals surface area (Å²) in [4.78, 5) is 26.0. The van der Waals surface area contributed by atoms with Gasteiger partial charge in [-0.05, 0) is 11.1 Å². The lowest BCUT2D eigenvalue weighted by molar-refractivity contribution is 0.0135. The van der Waals surface area contributed by atoms with E-state index in [4.69, 9.17) is 9.47 Å². The van der Waals surface area contributed by atoms with Crippen LogP contribution in [0.1, 0.15) is 22.9 Å². The van der Waals surface area contributed by atoms with Crippen molar-refractivity contribution in [1.29, 1.82) is 0 Å². The second-order valence-electron chi connectivity index (χ2n) is 7.22. The molecule has 0 radical (unpaired) electrons. The summed E-state index contributed by atoms with van der Waals surface area (Å²) in [5.74, 6) is 0. The Morgan fingerprint density at radius 2 is 1.60 bits per heavy atom. The van der Waals surface area contributed by atoms with Gasteiger partial charge in [-0.25, -0.2) is 4.79 Å². The Kier molecular flexibility index (Phi) is 6.84. The molecule has 1 unspecified atom stereocenters. The molecule has 0 bridgehead atoms. The van der Waals surface area contributed by atoms with Crippen LogP contribution in [0.4, 0.5) is 0 Å². The summed E-state index contributed by atoms with van der Waals surface area (Å²) in [6.45, 7) is 1.56. The molecule has 1 aliphatic heterocycles. The van der Waals surface area contributed by atoms with Crippen LogP contribution in [0.2, 0.25) is 0 Å². The van der Waals surface area contributed by atoms with E-state index in [2.05, 4.69) is 4.98 Å². The maximum Gasteiger partial charge on any atom is 0.329 e. The molecule has 3 atom stereocenters. The molecule has 156 valence electrons. The smallest absolute Gasteiger partial charge is 0.329 e. The van der Waals surface area contributed by atoms with Crippen molar-refractivity contribution in [3.8, 4) is 0 Å². The fourth-order valence-electron chi connectivity index (χ4n) is 3.50. The Balaban J connectivity index is 1.43. The van der Waals surface area contributed by atoms with Crippen LogP contribution < -0.4 is 11.2 Å². The van der Waals surface area contributed by atoms with Gasteiger partial charge in [-0.1, -0.05) is 60.7 Å². The Morgan fingerprint density at radius 3 is 2.27 bits per heavy atom. The van der Waals surface area contributed by atoms with Crippen molar-refractivity contribution in [2.24, 2.45) is 0 Å². The molecule has 0 saturated carbocycles. The molecule has 0 aliphatic carbocycles. The van der Waals surface area contributed by atoms with E-state index in [0.717, 1.165) is 11.1 Å². The van der Waals surface area contributed by atoms with Gasteiger partial charge >= 0.3 is 5.69 Å². The van der Waals surface area contributed by atoms with Gasteiger partial charge in [0.05, 0.1) is 36.5 Å². The van der Waals surface area contributed by atoms with E-state index in [0.29, 0.717) is 26.2 Å². The van der Waals surface area contributed by atoms with Crippen LogP contribution >= 0.6 is 11.8 Å². The average molecular weight is 425 g/mol. The number of ether oxygens (including phenoxy) is 2. The summed E-state index contributed by atoms with van der Waals surface area (Å²) < 4.78 is 13.8.